The van der Waals surface area contributed by atoms with Crippen LogP contribution in [0.4, 0.5) is 13.2 Å². The van der Waals surface area contributed by atoms with E-state index in [4.69, 9.17) is 4.74 Å². The van der Waals surface area contributed by atoms with Gasteiger partial charge >= 0.3 is 12.1 Å². The average molecular weight is 256 g/mol. The Morgan fingerprint density at radius 2 is 2.06 bits per heavy atom. The highest BCUT2D eigenvalue weighted by Gasteiger charge is 2.53. The molecule has 1 rings (SSSR count). The summed E-state index contributed by atoms with van der Waals surface area (Å²) in [6.07, 6.45) is -5.01. The van der Waals surface area contributed by atoms with Gasteiger partial charge in [0.1, 0.15) is 5.92 Å². The number of carbonyl (C=O) groups is 2. The van der Waals surface area contributed by atoms with E-state index in [9.17, 15) is 22.8 Å². The summed E-state index contributed by atoms with van der Waals surface area (Å²) in [5.41, 5.74) is 0. The molecule has 0 radical (unpaired) electrons. The van der Waals surface area contributed by atoms with Crippen molar-refractivity contribution in [2.75, 3.05) is 5.75 Å². The van der Waals surface area contributed by atoms with Gasteiger partial charge in [-0.1, -0.05) is 0 Å². The lowest BCUT2D eigenvalue weighted by Crippen LogP contribution is -2.35. The molecule has 92 valence electrons. The summed E-state index contributed by atoms with van der Waals surface area (Å²) in [6.45, 7) is 3.15. The zero-order chi connectivity index (χ0) is 12.5. The van der Waals surface area contributed by atoms with Crippen LogP contribution in [0.2, 0.25) is 0 Å². The van der Waals surface area contributed by atoms with Crippen LogP contribution in [-0.4, -0.2) is 35.0 Å². The van der Waals surface area contributed by atoms with Crippen molar-refractivity contribution in [1.29, 1.82) is 0 Å². The van der Waals surface area contributed by atoms with E-state index in [1.165, 1.54) is 0 Å². The van der Waals surface area contributed by atoms with Gasteiger partial charge in [-0.2, -0.15) is 13.2 Å². The van der Waals surface area contributed by atoms with Crippen molar-refractivity contribution in [3.63, 3.8) is 0 Å². The first-order valence-corrected chi connectivity index (χ1v) is 5.71. The molecule has 3 nitrogen and oxygen atoms in total. The van der Waals surface area contributed by atoms with Crippen molar-refractivity contribution in [2.24, 2.45) is 5.92 Å². The lowest BCUT2D eigenvalue weighted by molar-refractivity contribution is -0.175. The summed E-state index contributed by atoms with van der Waals surface area (Å²) in [5.74, 6) is -4.41. The van der Waals surface area contributed by atoms with Gasteiger partial charge < -0.3 is 4.74 Å². The van der Waals surface area contributed by atoms with Gasteiger partial charge in [0.05, 0.1) is 6.10 Å². The molecule has 1 aliphatic heterocycles. The monoisotopic (exact) mass is 256 g/mol. The lowest BCUT2D eigenvalue weighted by atomic mass is 10.0. The van der Waals surface area contributed by atoms with Gasteiger partial charge in [0.2, 0.25) is 0 Å². The molecule has 0 aliphatic carbocycles. The zero-order valence-corrected chi connectivity index (χ0v) is 9.52. The standard InChI is InChI=1S/C9H11F3O3S/c1-4(2)15-8(14)7-6(13)5(3-16-7)9(10,11)12/h4-5,7H,3H2,1-2H3. The molecule has 0 aromatic rings. The second-order valence-electron chi connectivity index (χ2n) is 3.70. The largest absolute Gasteiger partial charge is 0.462 e. The van der Waals surface area contributed by atoms with E-state index in [0.717, 1.165) is 0 Å². The number of halogens is 3. The molecular weight excluding hydrogens is 245 g/mol. The molecule has 0 aromatic heterocycles. The quantitative estimate of drug-likeness (QED) is 0.558. The second kappa shape index (κ2) is 4.65. The van der Waals surface area contributed by atoms with Crippen LogP contribution in [0.25, 0.3) is 0 Å². The van der Waals surface area contributed by atoms with Crippen molar-refractivity contribution in [3.05, 3.63) is 0 Å². The Morgan fingerprint density at radius 1 is 1.50 bits per heavy atom. The number of thioether (sulfide) groups is 1. The number of esters is 1. The Kier molecular flexibility index (Phi) is 3.88. The Hall–Kier alpha value is -0.720. The van der Waals surface area contributed by atoms with Gasteiger partial charge in [0.15, 0.2) is 11.0 Å². The van der Waals surface area contributed by atoms with Crippen molar-refractivity contribution in [2.45, 2.75) is 31.4 Å². The summed E-state index contributed by atoms with van der Waals surface area (Å²) in [5, 5.41) is -1.32. The molecule has 2 atom stereocenters. The molecule has 7 heteroatoms. The summed E-state index contributed by atoms with van der Waals surface area (Å²) in [7, 11) is 0. The predicted molar refractivity (Wildman–Crippen MR) is 52.0 cm³/mol. The molecule has 0 amide bonds. The van der Waals surface area contributed by atoms with Gasteiger partial charge in [-0.15, -0.1) is 11.8 Å². The fraction of sp³-hybridized carbons (Fsp3) is 0.778. The molecule has 0 aromatic carbocycles. The van der Waals surface area contributed by atoms with E-state index in [2.05, 4.69) is 0 Å². The molecule has 0 N–H and O–H groups in total. The van der Waals surface area contributed by atoms with Gasteiger partial charge in [-0.25, -0.2) is 0 Å². The van der Waals surface area contributed by atoms with Crippen LogP contribution < -0.4 is 0 Å². The highest BCUT2D eigenvalue weighted by Crippen LogP contribution is 2.39. The van der Waals surface area contributed by atoms with Gasteiger partial charge in [0, 0.05) is 5.75 Å². The van der Waals surface area contributed by atoms with Crippen LogP contribution in [-0.2, 0) is 14.3 Å². The summed E-state index contributed by atoms with van der Waals surface area (Å²) in [4.78, 5) is 22.6. The Balaban J connectivity index is 2.68. The SMILES string of the molecule is CC(C)OC(=O)C1SCC(C(F)(F)F)C1=O. The molecule has 16 heavy (non-hydrogen) atoms. The highest BCUT2D eigenvalue weighted by molar-refractivity contribution is 8.01. The molecule has 1 heterocycles. The summed E-state index contributed by atoms with van der Waals surface area (Å²) < 4.78 is 41.7. The number of hydrogen-bond acceptors (Lipinski definition) is 4. The molecule has 0 bridgehead atoms. The first kappa shape index (κ1) is 13.3. The number of alkyl halides is 3. The third kappa shape index (κ3) is 2.90. The Bertz CT molecular complexity index is 301. The van der Waals surface area contributed by atoms with Crippen LogP contribution in [0, 0.1) is 5.92 Å². The van der Waals surface area contributed by atoms with Gasteiger partial charge in [-0.3, -0.25) is 9.59 Å². The molecule has 2 unspecified atom stereocenters. The smallest absolute Gasteiger partial charge is 0.399 e. The molecule has 1 fully saturated rings. The average Bonchev–Trinajstić information content (AvgIpc) is 2.44. The van der Waals surface area contributed by atoms with E-state index < -0.39 is 41.0 Å². The lowest BCUT2D eigenvalue weighted by Gasteiger charge is -2.13. The maximum absolute atomic E-state index is 12.3. The number of rotatable bonds is 2. The predicted octanol–water partition coefficient (Wildman–Crippen LogP) is 1.80. The van der Waals surface area contributed by atoms with Crippen LogP contribution in [0.15, 0.2) is 0 Å². The maximum Gasteiger partial charge on any atom is 0.399 e. The fourth-order valence-electron chi connectivity index (χ4n) is 1.27. The molecular formula is C9H11F3O3S. The van der Waals surface area contributed by atoms with Crippen molar-refractivity contribution >= 4 is 23.5 Å². The van der Waals surface area contributed by atoms with E-state index in [1.807, 2.05) is 0 Å². The van der Waals surface area contributed by atoms with E-state index in [0.29, 0.717) is 11.8 Å². The minimum absolute atomic E-state index is 0.403. The van der Waals surface area contributed by atoms with Crippen molar-refractivity contribution < 1.29 is 27.5 Å². The third-order valence-electron chi connectivity index (χ3n) is 1.99. The Morgan fingerprint density at radius 3 is 2.44 bits per heavy atom. The third-order valence-corrected chi connectivity index (χ3v) is 3.28. The van der Waals surface area contributed by atoms with Gasteiger partial charge in [0.25, 0.3) is 0 Å². The number of ketones is 1. The topological polar surface area (TPSA) is 43.4 Å². The minimum atomic E-state index is -4.57. The van der Waals surface area contributed by atoms with Crippen LogP contribution in [0.3, 0.4) is 0 Å². The number of hydrogen-bond donors (Lipinski definition) is 0. The zero-order valence-electron chi connectivity index (χ0n) is 8.71. The molecule has 1 aliphatic rings. The van der Waals surface area contributed by atoms with Crippen molar-refractivity contribution in [1.82, 2.24) is 0 Å². The summed E-state index contributed by atoms with van der Waals surface area (Å²) in [6, 6.07) is 0. The Labute approximate surface area is 94.7 Å². The molecule has 0 saturated carbocycles. The van der Waals surface area contributed by atoms with Crippen LogP contribution in [0.5, 0.6) is 0 Å². The molecule has 1 saturated heterocycles. The minimum Gasteiger partial charge on any atom is -0.462 e. The summed E-state index contributed by atoms with van der Waals surface area (Å²) >= 11 is 0.691. The number of Topliss-reactive ketones (excluding diaryl/α,β-unsaturated/α-hetero) is 1. The molecule has 0 spiro atoms. The number of carbonyl (C=O) groups excluding carboxylic acids is 2. The van der Waals surface area contributed by atoms with E-state index >= 15 is 0 Å². The van der Waals surface area contributed by atoms with E-state index in [1.54, 1.807) is 13.8 Å². The normalized spacial score (nSPS) is 26.2. The maximum atomic E-state index is 12.3. The van der Waals surface area contributed by atoms with E-state index in [-0.39, 0.29) is 0 Å². The fourth-order valence-corrected chi connectivity index (χ4v) is 2.53. The number of ether oxygens (including phenoxy) is 1. The van der Waals surface area contributed by atoms with Gasteiger partial charge in [-0.05, 0) is 13.8 Å². The first-order valence-electron chi connectivity index (χ1n) is 4.66. The highest BCUT2D eigenvalue weighted by atomic mass is 32.2. The second-order valence-corrected chi connectivity index (χ2v) is 4.83. The first-order chi connectivity index (χ1) is 7.23. The van der Waals surface area contributed by atoms with Crippen LogP contribution >= 0.6 is 11.8 Å². The van der Waals surface area contributed by atoms with Crippen LogP contribution in [0.1, 0.15) is 13.8 Å². The van der Waals surface area contributed by atoms with Crippen molar-refractivity contribution in [3.8, 4) is 0 Å².